The second-order valence-corrected chi connectivity index (χ2v) is 7.74. The van der Waals surface area contributed by atoms with Crippen molar-refractivity contribution < 1.29 is 8.42 Å². The zero-order valence-electron chi connectivity index (χ0n) is 10.4. The van der Waals surface area contributed by atoms with Gasteiger partial charge in [0.1, 0.15) is 4.21 Å². The van der Waals surface area contributed by atoms with E-state index in [1.54, 1.807) is 18.2 Å². The summed E-state index contributed by atoms with van der Waals surface area (Å²) in [7, 11) is -3.53. The fourth-order valence-electron chi connectivity index (χ4n) is 1.68. The van der Waals surface area contributed by atoms with E-state index in [4.69, 9.17) is 11.6 Å². The number of nitrogens with one attached hydrogen (secondary N) is 1. The number of hydrogen-bond acceptors (Lipinski definition) is 3. The first kappa shape index (κ1) is 14.4. The van der Waals surface area contributed by atoms with Gasteiger partial charge in [-0.2, -0.15) is 0 Å². The van der Waals surface area contributed by atoms with Gasteiger partial charge in [-0.15, -0.1) is 11.3 Å². The summed E-state index contributed by atoms with van der Waals surface area (Å²) in [6.45, 7) is 2.11. The summed E-state index contributed by atoms with van der Waals surface area (Å²) in [5, 5.41) is 0. The molecule has 6 heteroatoms. The molecule has 3 nitrogen and oxygen atoms in total. The van der Waals surface area contributed by atoms with Crippen molar-refractivity contribution in [3.05, 3.63) is 46.3 Å². The van der Waals surface area contributed by atoms with Crippen LogP contribution in [-0.4, -0.2) is 8.42 Å². The Morgan fingerprint density at radius 2 is 1.84 bits per heavy atom. The third-order valence-corrected chi connectivity index (χ3v) is 5.66. The van der Waals surface area contributed by atoms with Gasteiger partial charge in [-0.3, -0.25) is 4.72 Å². The van der Waals surface area contributed by atoms with E-state index in [0.717, 1.165) is 24.2 Å². The lowest BCUT2D eigenvalue weighted by Crippen LogP contribution is -2.11. The lowest BCUT2D eigenvalue weighted by molar-refractivity contribution is 0.603. The van der Waals surface area contributed by atoms with Crippen LogP contribution in [0, 0.1) is 0 Å². The van der Waals surface area contributed by atoms with Crippen LogP contribution in [0.1, 0.15) is 18.9 Å². The molecule has 1 heterocycles. The van der Waals surface area contributed by atoms with Crippen LogP contribution in [0.25, 0.3) is 0 Å². The molecule has 0 saturated carbocycles. The van der Waals surface area contributed by atoms with Crippen molar-refractivity contribution in [2.24, 2.45) is 0 Å². The van der Waals surface area contributed by atoms with Gasteiger partial charge in [0.05, 0.1) is 4.34 Å². The molecular weight excluding hydrogens is 302 g/mol. The minimum absolute atomic E-state index is 0.218. The van der Waals surface area contributed by atoms with Gasteiger partial charge in [0.2, 0.25) is 0 Å². The van der Waals surface area contributed by atoms with Crippen molar-refractivity contribution >= 4 is 38.6 Å². The Bertz CT molecular complexity index is 648. The molecule has 0 unspecified atom stereocenters. The van der Waals surface area contributed by atoms with Crippen LogP contribution < -0.4 is 4.72 Å². The van der Waals surface area contributed by atoms with Crippen LogP contribution in [0.5, 0.6) is 0 Å². The van der Waals surface area contributed by atoms with Gasteiger partial charge in [0.25, 0.3) is 10.0 Å². The molecule has 0 aliphatic heterocycles. The van der Waals surface area contributed by atoms with E-state index in [2.05, 4.69) is 11.6 Å². The Hall–Kier alpha value is -1.04. The SMILES string of the molecule is CCCc1ccc(NS(=O)(=O)c2ccc(Cl)s2)cc1. The Morgan fingerprint density at radius 1 is 1.16 bits per heavy atom. The van der Waals surface area contributed by atoms with Crippen molar-refractivity contribution in [2.75, 3.05) is 4.72 Å². The largest absolute Gasteiger partial charge is 0.279 e. The number of anilines is 1. The van der Waals surface area contributed by atoms with E-state index in [1.807, 2.05) is 12.1 Å². The second kappa shape index (κ2) is 5.94. The van der Waals surface area contributed by atoms with Crippen molar-refractivity contribution in [1.82, 2.24) is 0 Å². The maximum atomic E-state index is 12.1. The van der Waals surface area contributed by atoms with Gasteiger partial charge in [0.15, 0.2) is 0 Å². The van der Waals surface area contributed by atoms with Crippen molar-refractivity contribution in [1.29, 1.82) is 0 Å². The molecule has 102 valence electrons. The molecule has 19 heavy (non-hydrogen) atoms. The lowest BCUT2D eigenvalue weighted by atomic mass is 10.1. The van der Waals surface area contributed by atoms with E-state index >= 15 is 0 Å². The molecule has 0 spiro atoms. The first-order chi connectivity index (χ1) is 9.01. The molecule has 0 aliphatic rings. The zero-order valence-corrected chi connectivity index (χ0v) is 12.8. The topological polar surface area (TPSA) is 46.2 Å². The van der Waals surface area contributed by atoms with Crippen LogP contribution in [0.3, 0.4) is 0 Å². The fourth-order valence-corrected chi connectivity index (χ4v) is 4.22. The number of hydrogen-bond donors (Lipinski definition) is 1. The van der Waals surface area contributed by atoms with Gasteiger partial charge in [0, 0.05) is 5.69 Å². The molecule has 2 rings (SSSR count). The highest BCUT2D eigenvalue weighted by molar-refractivity contribution is 7.94. The molecule has 1 aromatic carbocycles. The molecule has 0 saturated heterocycles. The minimum atomic E-state index is -3.53. The summed E-state index contributed by atoms with van der Waals surface area (Å²) in [6.07, 6.45) is 2.06. The third-order valence-electron chi connectivity index (χ3n) is 2.56. The molecule has 0 fully saturated rings. The zero-order chi connectivity index (χ0) is 13.9. The fraction of sp³-hybridized carbons (Fsp3) is 0.231. The Labute approximate surface area is 122 Å². The van der Waals surface area contributed by atoms with Crippen molar-refractivity contribution in [3.63, 3.8) is 0 Å². The smallest absolute Gasteiger partial charge is 0.271 e. The molecule has 0 atom stereocenters. The summed E-state index contributed by atoms with van der Waals surface area (Å²) < 4.78 is 27.3. The molecule has 2 aromatic rings. The summed E-state index contributed by atoms with van der Waals surface area (Å²) in [4.78, 5) is 0. The quantitative estimate of drug-likeness (QED) is 0.900. The number of halogens is 1. The van der Waals surface area contributed by atoms with E-state index in [1.165, 1.54) is 11.6 Å². The van der Waals surface area contributed by atoms with Gasteiger partial charge in [-0.25, -0.2) is 8.42 Å². The number of thiophene rings is 1. The predicted octanol–water partition coefficient (Wildman–Crippen LogP) is 4.15. The summed E-state index contributed by atoms with van der Waals surface area (Å²) in [5.41, 5.74) is 1.76. The maximum absolute atomic E-state index is 12.1. The van der Waals surface area contributed by atoms with E-state index < -0.39 is 10.0 Å². The highest BCUT2D eigenvalue weighted by Gasteiger charge is 2.16. The van der Waals surface area contributed by atoms with Gasteiger partial charge >= 0.3 is 0 Å². The number of rotatable bonds is 5. The lowest BCUT2D eigenvalue weighted by Gasteiger charge is -2.07. The highest BCUT2D eigenvalue weighted by Crippen LogP contribution is 2.27. The van der Waals surface area contributed by atoms with E-state index in [9.17, 15) is 8.42 Å². The van der Waals surface area contributed by atoms with Crippen LogP contribution in [0.15, 0.2) is 40.6 Å². The average Bonchev–Trinajstić information content (AvgIpc) is 2.79. The molecule has 0 amide bonds. The van der Waals surface area contributed by atoms with E-state index in [0.29, 0.717) is 10.0 Å². The normalized spacial score (nSPS) is 11.5. The van der Waals surface area contributed by atoms with Crippen LogP contribution in [-0.2, 0) is 16.4 Å². The monoisotopic (exact) mass is 315 g/mol. The highest BCUT2D eigenvalue weighted by atomic mass is 35.5. The minimum Gasteiger partial charge on any atom is -0.279 e. The van der Waals surface area contributed by atoms with Gasteiger partial charge in [-0.1, -0.05) is 37.1 Å². The average molecular weight is 316 g/mol. The predicted molar refractivity (Wildman–Crippen MR) is 80.6 cm³/mol. The Morgan fingerprint density at radius 3 is 2.37 bits per heavy atom. The molecule has 1 N–H and O–H groups in total. The second-order valence-electron chi connectivity index (χ2n) is 4.11. The Balaban J connectivity index is 2.16. The van der Waals surface area contributed by atoms with Crippen molar-refractivity contribution in [3.8, 4) is 0 Å². The molecule has 0 aliphatic carbocycles. The summed E-state index contributed by atoms with van der Waals surface area (Å²) in [5.74, 6) is 0. The van der Waals surface area contributed by atoms with E-state index in [-0.39, 0.29) is 4.21 Å². The van der Waals surface area contributed by atoms with Crippen LogP contribution in [0.2, 0.25) is 4.34 Å². The first-order valence-corrected chi connectivity index (χ1v) is 8.56. The molecule has 1 aromatic heterocycles. The maximum Gasteiger partial charge on any atom is 0.271 e. The van der Waals surface area contributed by atoms with Gasteiger partial charge < -0.3 is 0 Å². The van der Waals surface area contributed by atoms with Crippen LogP contribution in [0.4, 0.5) is 5.69 Å². The van der Waals surface area contributed by atoms with Gasteiger partial charge in [-0.05, 0) is 36.2 Å². The molecule has 0 radical (unpaired) electrons. The number of aryl methyl sites for hydroxylation is 1. The number of benzene rings is 1. The van der Waals surface area contributed by atoms with Crippen molar-refractivity contribution in [2.45, 2.75) is 24.0 Å². The first-order valence-electron chi connectivity index (χ1n) is 5.88. The number of sulfonamides is 1. The molecule has 0 bridgehead atoms. The van der Waals surface area contributed by atoms with Crippen LogP contribution >= 0.6 is 22.9 Å². The summed E-state index contributed by atoms with van der Waals surface area (Å²) >= 11 is 6.79. The Kier molecular flexibility index (Phi) is 4.50. The third kappa shape index (κ3) is 3.72. The molecular formula is C13H14ClNO2S2. The summed E-state index contributed by atoms with van der Waals surface area (Å²) in [6, 6.07) is 10.5. The standard InChI is InChI=1S/C13H14ClNO2S2/c1-2-3-10-4-6-11(7-5-10)15-19(16,17)13-9-8-12(14)18-13/h4-9,15H,2-3H2,1H3.